The van der Waals surface area contributed by atoms with E-state index in [-0.39, 0.29) is 11.0 Å². The van der Waals surface area contributed by atoms with Gasteiger partial charge in [0.1, 0.15) is 17.1 Å². The van der Waals surface area contributed by atoms with Crippen LogP contribution in [0.2, 0.25) is 0 Å². The molecule has 0 aromatic heterocycles. The van der Waals surface area contributed by atoms with Gasteiger partial charge in [-0.25, -0.2) is 0 Å². The molecule has 1 heterocycles. The van der Waals surface area contributed by atoms with Crippen LogP contribution in [-0.2, 0) is 10.2 Å². The summed E-state index contributed by atoms with van der Waals surface area (Å²) in [7, 11) is 0. The average Bonchev–Trinajstić information content (AvgIpc) is 3.43. The van der Waals surface area contributed by atoms with E-state index in [9.17, 15) is 0 Å². The third-order valence-corrected chi connectivity index (χ3v) is 5.25. The van der Waals surface area contributed by atoms with E-state index < -0.39 is 0 Å². The van der Waals surface area contributed by atoms with Crippen LogP contribution in [0.1, 0.15) is 59.1 Å². The van der Waals surface area contributed by atoms with Gasteiger partial charge in [0.2, 0.25) is 0 Å². The van der Waals surface area contributed by atoms with Gasteiger partial charge in [-0.05, 0) is 55.2 Å². The summed E-state index contributed by atoms with van der Waals surface area (Å²) in [6.07, 6.45) is 1.28. The highest BCUT2D eigenvalue weighted by Gasteiger charge is 2.33. The Labute approximate surface area is 170 Å². The lowest BCUT2D eigenvalue weighted by Crippen LogP contribution is -2.30. The molecule has 152 valence electrons. The van der Waals surface area contributed by atoms with Crippen LogP contribution in [0.15, 0.2) is 48.5 Å². The molecule has 3 heteroatoms. The molecule has 0 N–H and O–H groups in total. The first-order valence-electron chi connectivity index (χ1n) is 10.3. The first-order valence-corrected chi connectivity index (χ1v) is 10.3. The first kappa shape index (κ1) is 20.7. The summed E-state index contributed by atoms with van der Waals surface area (Å²) in [5.41, 5.74) is 2.22. The summed E-state index contributed by atoms with van der Waals surface area (Å²) < 4.78 is 17.3. The van der Waals surface area contributed by atoms with Gasteiger partial charge in [0.15, 0.2) is 0 Å². The van der Waals surface area contributed by atoms with E-state index in [0.29, 0.717) is 12.0 Å². The normalized spacial score (nSPS) is 16.9. The molecule has 1 saturated heterocycles. The third-order valence-electron chi connectivity index (χ3n) is 5.25. The first-order chi connectivity index (χ1) is 13.2. The Hall–Kier alpha value is -2.00. The van der Waals surface area contributed by atoms with Crippen molar-refractivity contribution in [2.24, 2.45) is 5.92 Å². The molecular weight excluding hydrogens is 348 g/mol. The Kier molecular flexibility index (Phi) is 6.04. The van der Waals surface area contributed by atoms with E-state index >= 15 is 0 Å². The fourth-order valence-electron chi connectivity index (χ4n) is 3.43. The lowest BCUT2D eigenvalue weighted by molar-refractivity contribution is 0.0895. The molecule has 0 bridgehead atoms. The molecule has 0 aliphatic carbocycles. The fourth-order valence-corrected chi connectivity index (χ4v) is 3.43. The van der Waals surface area contributed by atoms with Gasteiger partial charge in [-0.3, -0.25) is 0 Å². The highest BCUT2D eigenvalue weighted by molar-refractivity contribution is 5.42. The molecule has 0 amide bonds. The molecule has 3 nitrogen and oxygen atoms in total. The third kappa shape index (κ3) is 5.51. The van der Waals surface area contributed by atoms with E-state index in [1.54, 1.807) is 0 Å². The maximum atomic E-state index is 6.19. The van der Waals surface area contributed by atoms with Crippen molar-refractivity contribution in [1.29, 1.82) is 0 Å². The van der Waals surface area contributed by atoms with Crippen LogP contribution in [0, 0.1) is 5.92 Å². The van der Waals surface area contributed by atoms with Crippen molar-refractivity contribution in [3.05, 3.63) is 59.7 Å². The van der Waals surface area contributed by atoms with Crippen LogP contribution >= 0.6 is 0 Å². The minimum Gasteiger partial charge on any atom is -0.493 e. The molecular formula is C25H34O3. The summed E-state index contributed by atoms with van der Waals surface area (Å²) in [6, 6.07) is 17.0. The van der Waals surface area contributed by atoms with Crippen molar-refractivity contribution in [3.8, 4) is 11.5 Å². The summed E-state index contributed by atoms with van der Waals surface area (Å²) in [5, 5.41) is 0. The minimum absolute atomic E-state index is 0.0908. The van der Waals surface area contributed by atoms with Crippen molar-refractivity contribution in [3.63, 3.8) is 0 Å². The Morgan fingerprint density at radius 3 is 1.86 bits per heavy atom. The van der Waals surface area contributed by atoms with Crippen molar-refractivity contribution >= 4 is 0 Å². The monoisotopic (exact) mass is 382 g/mol. The van der Waals surface area contributed by atoms with E-state index in [1.807, 2.05) is 0 Å². The summed E-state index contributed by atoms with van der Waals surface area (Å²) >= 11 is 0. The maximum absolute atomic E-state index is 6.19. The molecule has 1 aliphatic heterocycles. The Balaban J connectivity index is 1.67. The SMILES string of the molecule is CC(C)COc1ccc(C(C)(C)c2ccc(OC(C)(C)CC3CO3)cc2)cc1. The van der Waals surface area contributed by atoms with Gasteiger partial charge in [0.05, 0.1) is 19.3 Å². The number of ether oxygens (including phenoxy) is 3. The summed E-state index contributed by atoms with van der Waals surface area (Å²) in [6.45, 7) is 14.7. The van der Waals surface area contributed by atoms with E-state index in [1.165, 1.54) is 11.1 Å². The quantitative estimate of drug-likeness (QED) is 0.499. The zero-order valence-corrected chi connectivity index (χ0v) is 18.1. The maximum Gasteiger partial charge on any atom is 0.120 e. The van der Waals surface area contributed by atoms with Gasteiger partial charge in [-0.1, -0.05) is 52.0 Å². The van der Waals surface area contributed by atoms with Gasteiger partial charge >= 0.3 is 0 Å². The zero-order chi connectivity index (χ0) is 20.4. The molecule has 28 heavy (non-hydrogen) atoms. The predicted octanol–water partition coefficient (Wildman–Crippen LogP) is 5.99. The Morgan fingerprint density at radius 2 is 1.39 bits per heavy atom. The van der Waals surface area contributed by atoms with Crippen LogP contribution in [0.4, 0.5) is 0 Å². The molecule has 0 spiro atoms. The standard InChI is InChI=1S/C25H34O3/c1-18(2)16-26-21-11-7-19(8-12-21)25(5,6)20-9-13-22(14-10-20)28-24(3,4)15-23-17-27-23/h7-14,18,23H,15-17H2,1-6H3. The van der Waals surface area contributed by atoms with Gasteiger partial charge in [0, 0.05) is 11.8 Å². The van der Waals surface area contributed by atoms with Crippen molar-refractivity contribution in [2.75, 3.05) is 13.2 Å². The van der Waals surface area contributed by atoms with E-state index in [2.05, 4.69) is 90.1 Å². The number of hydrogen-bond donors (Lipinski definition) is 0. The van der Waals surface area contributed by atoms with Crippen LogP contribution in [0.5, 0.6) is 11.5 Å². The Bertz CT molecular complexity index is 753. The largest absolute Gasteiger partial charge is 0.493 e. The molecule has 2 aromatic carbocycles. The Morgan fingerprint density at radius 1 is 0.893 bits per heavy atom. The van der Waals surface area contributed by atoms with Crippen LogP contribution < -0.4 is 9.47 Å². The lowest BCUT2D eigenvalue weighted by atomic mass is 9.78. The fraction of sp³-hybridized carbons (Fsp3) is 0.520. The predicted molar refractivity (Wildman–Crippen MR) is 114 cm³/mol. The highest BCUT2D eigenvalue weighted by atomic mass is 16.6. The molecule has 0 radical (unpaired) electrons. The molecule has 1 fully saturated rings. The molecule has 1 unspecified atom stereocenters. The van der Waals surface area contributed by atoms with Crippen LogP contribution in [-0.4, -0.2) is 24.9 Å². The molecule has 0 saturated carbocycles. The van der Waals surface area contributed by atoms with Gasteiger partial charge in [-0.2, -0.15) is 0 Å². The van der Waals surface area contributed by atoms with Gasteiger partial charge in [-0.15, -0.1) is 0 Å². The molecule has 3 rings (SSSR count). The molecule has 2 aromatic rings. The second kappa shape index (κ2) is 8.16. The number of hydrogen-bond acceptors (Lipinski definition) is 3. The summed E-state index contributed by atoms with van der Waals surface area (Å²) in [4.78, 5) is 0. The van der Waals surface area contributed by atoms with E-state index in [0.717, 1.165) is 31.1 Å². The topological polar surface area (TPSA) is 31.0 Å². The number of benzene rings is 2. The van der Waals surface area contributed by atoms with Crippen LogP contribution in [0.25, 0.3) is 0 Å². The minimum atomic E-state index is -0.218. The van der Waals surface area contributed by atoms with Gasteiger partial charge < -0.3 is 14.2 Å². The molecule has 1 aliphatic rings. The van der Waals surface area contributed by atoms with Crippen molar-refractivity contribution in [1.82, 2.24) is 0 Å². The van der Waals surface area contributed by atoms with Crippen molar-refractivity contribution < 1.29 is 14.2 Å². The number of rotatable bonds is 9. The zero-order valence-electron chi connectivity index (χ0n) is 18.1. The molecule has 1 atom stereocenters. The lowest BCUT2D eigenvalue weighted by Gasteiger charge is -2.28. The van der Waals surface area contributed by atoms with E-state index in [4.69, 9.17) is 14.2 Å². The second-order valence-corrected chi connectivity index (χ2v) is 9.40. The second-order valence-electron chi connectivity index (χ2n) is 9.40. The smallest absolute Gasteiger partial charge is 0.120 e. The summed E-state index contributed by atoms with van der Waals surface area (Å²) in [5.74, 6) is 2.36. The van der Waals surface area contributed by atoms with Gasteiger partial charge in [0.25, 0.3) is 0 Å². The van der Waals surface area contributed by atoms with Crippen LogP contribution in [0.3, 0.4) is 0 Å². The van der Waals surface area contributed by atoms with Crippen molar-refractivity contribution in [2.45, 2.75) is 65.1 Å². The average molecular weight is 383 g/mol. The highest BCUT2D eigenvalue weighted by Crippen LogP contribution is 2.34. The number of epoxide rings is 1.